The minimum atomic E-state index is -1.27. The average Bonchev–Trinajstić information content (AvgIpc) is 2.89. The second-order valence-electron chi connectivity index (χ2n) is 13.2. The summed E-state index contributed by atoms with van der Waals surface area (Å²) < 4.78 is 17.1. The standard InChI is InChI=1S/C31H53N3O9/c1-15(2)21-30(39)42-23(17(5)6)26(35)32(12)20(11)29(38)41-24(18(7)8)27(36)33(13)22(16(3)4)31(40)43-25(19(9)10)28(37)34(21)14/h15-25H,1-14H3/t20-,21-,22-,23+,24+,25+/m0/s1. The van der Waals surface area contributed by atoms with Gasteiger partial charge in [0.2, 0.25) is 0 Å². The van der Waals surface area contributed by atoms with Crippen LogP contribution in [-0.4, -0.2) is 108 Å². The summed E-state index contributed by atoms with van der Waals surface area (Å²) in [4.78, 5) is 85.0. The molecule has 0 aromatic carbocycles. The third-order valence-electron chi connectivity index (χ3n) is 7.82. The van der Waals surface area contributed by atoms with Crippen LogP contribution in [0.5, 0.6) is 0 Å². The topological polar surface area (TPSA) is 140 Å². The molecule has 0 spiro atoms. The summed E-state index contributed by atoms with van der Waals surface area (Å²) in [5.41, 5.74) is 0. The number of likely N-dealkylation sites (N-methyl/N-ethyl adjacent to an activating group) is 3. The molecule has 0 aromatic heterocycles. The highest BCUT2D eigenvalue weighted by Crippen LogP contribution is 2.24. The monoisotopic (exact) mass is 611 g/mol. The number of cyclic esters (lactones) is 3. The Labute approximate surface area is 256 Å². The molecule has 6 atom stereocenters. The molecule has 1 saturated heterocycles. The molecule has 1 aliphatic heterocycles. The number of carbonyl (C=O) groups excluding carboxylic acids is 6. The van der Waals surface area contributed by atoms with Gasteiger partial charge in [0.05, 0.1) is 0 Å². The maximum Gasteiger partial charge on any atom is 0.329 e. The molecule has 12 heteroatoms. The largest absolute Gasteiger partial charge is 0.450 e. The molecule has 0 bridgehead atoms. The van der Waals surface area contributed by atoms with Crippen LogP contribution in [0, 0.1) is 29.6 Å². The molecule has 3 amide bonds. The van der Waals surface area contributed by atoms with E-state index in [1.54, 1.807) is 69.2 Å². The summed E-state index contributed by atoms with van der Waals surface area (Å²) in [6.07, 6.45) is -3.81. The summed E-state index contributed by atoms with van der Waals surface area (Å²) in [5, 5.41) is 0. The van der Waals surface area contributed by atoms with Crippen LogP contribution in [-0.2, 0) is 43.0 Å². The minimum absolute atomic E-state index is 0.426. The molecule has 0 radical (unpaired) electrons. The van der Waals surface area contributed by atoms with Crippen LogP contribution in [0.15, 0.2) is 0 Å². The van der Waals surface area contributed by atoms with Gasteiger partial charge in [0.15, 0.2) is 18.3 Å². The van der Waals surface area contributed by atoms with Gasteiger partial charge in [0, 0.05) is 21.1 Å². The van der Waals surface area contributed by atoms with Crippen molar-refractivity contribution < 1.29 is 43.0 Å². The highest BCUT2D eigenvalue weighted by Gasteiger charge is 2.44. The molecule has 1 aliphatic rings. The van der Waals surface area contributed by atoms with E-state index in [2.05, 4.69) is 0 Å². The Morgan fingerprint density at radius 3 is 0.953 bits per heavy atom. The van der Waals surface area contributed by atoms with Crippen molar-refractivity contribution in [2.24, 2.45) is 29.6 Å². The normalized spacial score (nSPS) is 28.1. The number of ether oxygens (including phenoxy) is 3. The molecule has 0 N–H and O–H groups in total. The van der Waals surface area contributed by atoms with Crippen LogP contribution < -0.4 is 0 Å². The average molecular weight is 612 g/mol. The van der Waals surface area contributed by atoms with E-state index >= 15 is 0 Å². The van der Waals surface area contributed by atoms with Crippen molar-refractivity contribution in [2.75, 3.05) is 21.1 Å². The second-order valence-corrected chi connectivity index (χ2v) is 13.2. The smallest absolute Gasteiger partial charge is 0.329 e. The van der Waals surface area contributed by atoms with Crippen LogP contribution in [0.3, 0.4) is 0 Å². The van der Waals surface area contributed by atoms with Gasteiger partial charge in [-0.25, -0.2) is 14.4 Å². The number of hydrogen-bond donors (Lipinski definition) is 0. The molecule has 246 valence electrons. The number of nitrogens with zero attached hydrogens (tertiary/aromatic N) is 3. The van der Waals surface area contributed by atoms with E-state index in [-0.39, 0.29) is 0 Å². The number of esters is 3. The Balaban J connectivity index is 3.83. The Hall–Kier alpha value is -3.18. The first-order valence-corrected chi connectivity index (χ1v) is 15.1. The van der Waals surface area contributed by atoms with E-state index in [1.165, 1.54) is 37.9 Å². The van der Waals surface area contributed by atoms with Crippen LogP contribution in [0.25, 0.3) is 0 Å². The highest BCUT2D eigenvalue weighted by molar-refractivity contribution is 5.94. The second kappa shape index (κ2) is 15.5. The number of hydrogen-bond acceptors (Lipinski definition) is 9. The van der Waals surface area contributed by atoms with Gasteiger partial charge in [-0.3, -0.25) is 14.4 Å². The Kier molecular flexibility index (Phi) is 13.7. The highest BCUT2D eigenvalue weighted by atomic mass is 16.6. The summed E-state index contributed by atoms with van der Waals surface area (Å²) in [6, 6.07) is -3.34. The lowest BCUT2D eigenvalue weighted by Gasteiger charge is -2.37. The summed E-state index contributed by atoms with van der Waals surface area (Å²) in [6.45, 7) is 18.6. The SMILES string of the molecule is CC(C)[C@H]1C(=O)O[C@H](C(C)C)C(=O)N(C)[C@@H](C)C(=O)O[C@H](C(C)C)C(=O)N(C)[C@@H](C(C)C)C(=O)O[C@H](C(C)C)C(=O)N1C. The van der Waals surface area contributed by atoms with Gasteiger partial charge < -0.3 is 28.9 Å². The third-order valence-corrected chi connectivity index (χ3v) is 7.82. The van der Waals surface area contributed by atoms with Gasteiger partial charge in [-0.1, -0.05) is 69.2 Å². The summed E-state index contributed by atoms with van der Waals surface area (Å²) >= 11 is 0. The van der Waals surface area contributed by atoms with Crippen LogP contribution in [0.1, 0.15) is 76.2 Å². The fourth-order valence-corrected chi connectivity index (χ4v) is 5.01. The van der Waals surface area contributed by atoms with Gasteiger partial charge in [0.1, 0.15) is 18.1 Å². The van der Waals surface area contributed by atoms with Gasteiger partial charge in [-0.05, 0) is 36.5 Å². The Bertz CT molecular complexity index is 1030. The first-order valence-electron chi connectivity index (χ1n) is 15.1. The third kappa shape index (κ3) is 8.92. The Morgan fingerprint density at radius 2 is 0.698 bits per heavy atom. The van der Waals surface area contributed by atoms with Crippen molar-refractivity contribution in [1.29, 1.82) is 0 Å². The minimum Gasteiger partial charge on any atom is -0.450 e. The zero-order valence-corrected chi connectivity index (χ0v) is 28.4. The van der Waals surface area contributed by atoms with E-state index in [9.17, 15) is 28.8 Å². The molecule has 1 heterocycles. The van der Waals surface area contributed by atoms with Gasteiger partial charge in [0.25, 0.3) is 17.7 Å². The zero-order chi connectivity index (χ0) is 33.7. The van der Waals surface area contributed by atoms with Crippen molar-refractivity contribution in [3.63, 3.8) is 0 Å². The lowest BCUT2D eigenvalue weighted by Crippen LogP contribution is -2.57. The lowest BCUT2D eigenvalue weighted by molar-refractivity contribution is -0.180. The molecule has 0 unspecified atom stereocenters. The number of amides is 3. The molecule has 0 saturated carbocycles. The number of carbonyl (C=O) groups is 6. The molecular formula is C31H53N3O9. The first kappa shape index (κ1) is 37.8. The van der Waals surface area contributed by atoms with Crippen molar-refractivity contribution in [1.82, 2.24) is 14.7 Å². The predicted octanol–water partition coefficient (Wildman–Crippen LogP) is 2.52. The maximum atomic E-state index is 13.8. The van der Waals surface area contributed by atoms with E-state index < -0.39 is 102 Å². The fourth-order valence-electron chi connectivity index (χ4n) is 5.01. The van der Waals surface area contributed by atoms with Crippen LogP contribution in [0.4, 0.5) is 0 Å². The summed E-state index contributed by atoms with van der Waals surface area (Å²) in [7, 11) is 4.24. The van der Waals surface area contributed by atoms with Gasteiger partial charge in [-0.15, -0.1) is 0 Å². The van der Waals surface area contributed by atoms with E-state index in [4.69, 9.17) is 14.2 Å². The van der Waals surface area contributed by atoms with E-state index in [1.807, 2.05) is 0 Å². The molecule has 0 aliphatic carbocycles. The van der Waals surface area contributed by atoms with Crippen molar-refractivity contribution in [2.45, 2.75) is 113 Å². The van der Waals surface area contributed by atoms with Gasteiger partial charge >= 0.3 is 17.9 Å². The van der Waals surface area contributed by atoms with Crippen molar-refractivity contribution in [3.8, 4) is 0 Å². The molecule has 12 nitrogen and oxygen atoms in total. The molecule has 0 aromatic rings. The molecule has 1 fully saturated rings. The van der Waals surface area contributed by atoms with E-state index in [0.29, 0.717) is 0 Å². The molecular weight excluding hydrogens is 558 g/mol. The van der Waals surface area contributed by atoms with Gasteiger partial charge in [-0.2, -0.15) is 0 Å². The molecule has 43 heavy (non-hydrogen) atoms. The lowest BCUT2D eigenvalue weighted by atomic mass is 9.98. The van der Waals surface area contributed by atoms with Crippen LogP contribution >= 0.6 is 0 Å². The maximum absolute atomic E-state index is 13.8. The van der Waals surface area contributed by atoms with Crippen molar-refractivity contribution >= 4 is 35.6 Å². The molecule has 1 rings (SSSR count). The zero-order valence-electron chi connectivity index (χ0n) is 28.4. The van der Waals surface area contributed by atoms with Crippen LogP contribution in [0.2, 0.25) is 0 Å². The first-order chi connectivity index (χ1) is 19.7. The predicted molar refractivity (Wildman–Crippen MR) is 159 cm³/mol. The summed E-state index contributed by atoms with van der Waals surface area (Å²) in [5.74, 6) is -6.60. The van der Waals surface area contributed by atoms with E-state index in [0.717, 1.165) is 4.90 Å². The quantitative estimate of drug-likeness (QED) is 0.339. The van der Waals surface area contributed by atoms with Crippen molar-refractivity contribution in [3.05, 3.63) is 0 Å². The fraction of sp³-hybridized carbons (Fsp3) is 0.806. The number of rotatable bonds is 5. The Morgan fingerprint density at radius 1 is 0.442 bits per heavy atom.